The number of rotatable bonds is 3. The van der Waals surface area contributed by atoms with Crippen LogP contribution in [0.25, 0.3) is 0 Å². The molecule has 2 rings (SSSR count). The SMILES string of the molecule is COc1ccc2c(c1OC)C(CN)CC2O. The predicted molar refractivity (Wildman–Crippen MR) is 60.9 cm³/mol. The summed E-state index contributed by atoms with van der Waals surface area (Å²) in [5.74, 6) is 1.54. The molecule has 2 atom stereocenters. The largest absolute Gasteiger partial charge is 0.493 e. The van der Waals surface area contributed by atoms with Gasteiger partial charge in [-0.05, 0) is 24.6 Å². The molecule has 0 bridgehead atoms. The fourth-order valence-corrected chi connectivity index (χ4v) is 2.41. The van der Waals surface area contributed by atoms with Crippen molar-refractivity contribution >= 4 is 0 Å². The van der Waals surface area contributed by atoms with Crippen LogP contribution in [0.5, 0.6) is 11.5 Å². The second-order valence-corrected chi connectivity index (χ2v) is 3.99. The average Bonchev–Trinajstić information content (AvgIpc) is 2.65. The molecule has 0 saturated heterocycles. The molecule has 0 heterocycles. The quantitative estimate of drug-likeness (QED) is 0.807. The lowest BCUT2D eigenvalue weighted by molar-refractivity contribution is 0.173. The number of aliphatic hydroxyl groups excluding tert-OH is 1. The Morgan fingerprint density at radius 1 is 1.38 bits per heavy atom. The van der Waals surface area contributed by atoms with E-state index in [9.17, 15) is 5.11 Å². The second kappa shape index (κ2) is 4.31. The van der Waals surface area contributed by atoms with Crippen LogP contribution < -0.4 is 15.2 Å². The molecule has 2 unspecified atom stereocenters. The predicted octanol–water partition coefficient (Wildman–Crippen LogP) is 1.18. The van der Waals surface area contributed by atoms with E-state index in [1.807, 2.05) is 12.1 Å². The van der Waals surface area contributed by atoms with Crippen molar-refractivity contribution in [1.29, 1.82) is 0 Å². The molecule has 1 aliphatic carbocycles. The first-order valence-corrected chi connectivity index (χ1v) is 5.35. The number of aliphatic hydroxyl groups is 1. The maximum Gasteiger partial charge on any atom is 0.164 e. The molecule has 0 aromatic heterocycles. The summed E-state index contributed by atoms with van der Waals surface area (Å²) in [6, 6.07) is 3.71. The second-order valence-electron chi connectivity index (χ2n) is 3.99. The molecule has 0 spiro atoms. The van der Waals surface area contributed by atoms with Crippen molar-refractivity contribution < 1.29 is 14.6 Å². The monoisotopic (exact) mass is 223 g/mol. The molecule has 0 saturated carbocycles. The molecule has 0 amide bonds. The number of methoxy groups -OCH3 is 2. The topological polar surface area (TPSA) is 64.7 Å². The Morgan fingerprint density at radius 3 is 2.69 bits per heavy atom. The van der Waals surface area contributed by atoms with Crippen LogP contribution in [0.15, 0.2) is 12.1 Å². The van der Waals surface area contributed by atoms with E-state index in [4.69, 9.17) is 15.2 Å². The molecular weight excluding hydrogens is 206 g/mol. The molecule has 16 heavy (non-hydrogen) atoms. The van der Waals surface area contributed by atoms with Crippen LogP contribution in [0, 0.1) is 0 Å². The van der Waals surface area contributed by atoms with Gasteiger partial charge in [-0.3, -0.25) is 0 Å². The highest BCUT2D eigenvalue weighted by Crippen LogP contribution is 2.48. The van der Waals surface area contributed by atoms with Gasteiger partial charge in [0.15, 0.2) is 11.5 Å². The maximum atomic E-state index is 9.91. The van der Waals surface area contributed by atoms with E-state index in [0.29, 0.717) is 24.5 Å². The summed E-state index contributed by atoms with van der Waals surface area (Å²) in [7, 11) is 3.21. The molecule has 88 valence electrons. The van der Waals surface area contributed by atoms with Gasteiger partial charge in [0.2, 0.25) is 0 Å². The Bertz CT molecular complexity index is 392. The molecule has 0 fully saturated rings. The van der Waals surface area contributed by atoms with E-state index < -0.39 is 6.10 Å². The van der Waals surface area contributed by atoms with E-state index in [2.05, 4.69) is 0 Å². The first-order chi connectivity index (χ1) is 7.72. The number of fused-ring (bicyclic) bond motifs is 1. The number of nitrogens with two attached hydrogens (primary N) is 1. The van der Waals surface area contributed by atoms with Crippen molar-refractivity contribution in [3.05, 3.63) is 23.3 Å². The van der Waals surface area contributed by atoms with Gasteiger partial charge in [0, 0.05) is 11.5 Å². The molecule has 3 N–H and O–H groups in total. The van der Waals surface area contributed by atoms with Gasteiger partial charge >= 0.3 is 0 Å². The highest BCUT2D eigenvalue weighted by molar-refractivity contribution is 5.55. The van der Waals surface area contributed by atoms with E-state index >= 15 is 0 Å². The molecule has 1 aromatic carbocycles. The van der Waals surface area contributed by atoms with Crippen LogP contribution in [0.2, 0.25) is 0 Å². The van der Waals surface area contributed by atoms with E-state index in [1.54, 1.807) is 14.2 Å². The van der Waals surface area contributed by atoms with Crippen molar-refractivity contribution in [2.75, 3.05) is 20.8 Å². The average molecular weight is 223 g/mol. The molecule has 0 radical (unpaired) electrons. The Kier molecular flexibility index (Phi) is 3.03. The lowest BCUT2D eigenvalue weighted by Gasteiger charge is -2.15. The van der Waals surface area contributed by atoms with Crippen molar-refractivity contribution in [3.63, 3.8) is 0 Å². The van der Waals surface area contributed by atoms with Gasteiger partial charge in [-0.15, -0.1) is 0 Å². The first-order valence-electron chi connectivity index (χ1n) is 5.35. The summed E-state index contributed by atoms with van der Waals surface area (Å²) >= 11 is 0. The van der Waals surface area contributed by atoms with Crippen LogP contribution in [-0.4, -0.2) is 25.9 Å². The summed E-state index contributed by atoms with van der Waals surface area (Å²) in [6.45, 7) is 0.508. The minimum Gasteiger partial charge on any atom is -0.493 e. The molecular formula is C12H17NO3. The molecule has 0 aliphatic heterocycles. The number of hydrogen-bond donors (Lipinski definition) is 2. The van der Waals surface area contributed by atoms with E-state index in [-0.39, 0.29) is 5.92 Å². The maximum absolute atomic E-state index is 9.91. The summed E-state index contributed by atoms with van der Waals surface area (Å²) in [5, 5.41) is 9.91. The Hall–Kier alpha value is -1.26. The number of ether oxygens (including phenoxy) is 2. The Labute approximate surface area is 95.0 Å². The Balaban J connectivity index is 2.57. The summed E-state index contributed by atoms with van der Waals surface area (Å²) in [6.07, 6.45) is 0.221. The van der Waals surface area contributed by atoms with Crippen LogP contribution in [0.3, 0.4) is 0 Å². The van der Waals surface area contributed by atoms with Crippen molar-refractivity contribution in [2.24, 2.45) is 5.73 Å². The van der Waals surface area contributed by atoms with E-state index in [0.717, 1.165) is 11.1 Å². The summed E-state index contributed by atoms with van der Waals surface area (Å²) in [4.78, 5) is 0. The molecule has 4 heteroatoms. The van der Waals surface area contributed by atoms with Gasteiger partial charge in [-0.25, -0.2) is 0 Å². The van der Waals surface area contributed by atoms with Crippen LogP contribution >= 0.6 is 0 Å². The number of hydrogen-bond acceptors (Lipinski definition) is 4. The molecule has 1 aliphatic rings. The van der Waals surface area contributed by atoms with Crippen LogP contribution in [0.4, 0.5) is 0 Å². The van der Waals surface area contributed by atoms with Gasteiger partial charge < -0.3 is 20.3 Å². The normalized spacial score (nSPS) is 23.0. The van der Waals surface area contributed by atoms with Crippen molar-refractivity contribution in [2.45, 2.75) is 18.4 Å². The standard InChI is InChI=1S/C12H17NO3/c1-15-10-4-3-8-9(14)5-7(6-13)11(8)12(10)16-2/h3-4,7,9,14H,5-6,13H2,1-2H3. The minimum absolute atomic E-state index is 0.148. The third kappa shape index (κ3) is 1.54. The van der Waals surface area contributed by atoms with Gasteiger partial charge in [0.05, 0.1) is 20.3 Å². The first kappa shape index (κ1) is 11.2. The molecule has 4 nitrogen and oxygen atoms in total. The van der Waals surface area contributed by atoms with Gasteiger partial charge in [0.25, 0.3) is 0 Å². The van der Waals surface area contributed by atoms with Crippen LogP contribution in [-0.2, 0) is 0 Å². The fourth-order valence-electron chi connectivity index (χ4n) is 2.41. The third-order valence-corrected chi connectivity index (χ3v) is 3.18. The molecule has 1 aromatic rings. The summed E-state index contributed by atoms with van der Waals surface area (Å²) in [5.41, 5.74) is 7.63. The fraction of sp³-hybridized carbons (Fsp3) is 0.500. The minimum atomic E-state index is -0.441. The third-order valence-electron chi connectivity index (χ3n) is 3.18. The zero-order chi connectivity index (χ0) is 11.7. The van der Waals surface area contributed by atoms with Gasteiger partial charge in [-0.1, -0.05) is 6.07 Å². The Morgan fingerprint density at radius 2 is 2.12 bits per heavy atom. The number of benzene rings is 1. The summed E-state index contributed by atoms with van der Waals surface area (Å²) < 4.78 is 10.6. The highest BCUT2D eigenvalue weighted by atomic mass is 16.5. The zero-order valence-electron chi connectivity index (χ0n) is 9.56. The lowest BCUT2D eigenvalue weighted by atomic mass is 10.00. The van der Waals surface area contributed by atoms with Crippen molar-refractivity contribution in [1.82, 2.24) is 0 Å². The van der Waals surface area contributed by atoms with E-state index in [1.165, 1.54) is 0 Å². The highest BCUT2D eigenvalue weighted by Gasteiger charge is 2.33. The zero-order valence-corrected chi connectivity index (χ0v) is 9.56. The van der Waals surface area contributed by atoms with Crippen molar-refractivity contribution in [3.8, 4) is 11.5 Å². The smallest absolute Gasteiger partial charge is 0.164 e. The van der Waals surface area contributed by atoms with Crippen LogP contribution in [0.1, 0.15) is 29.6 Å². The van der Waals surface area contributed by atoms with Gasteiger partial charge in [-0.2, -0.15) is 0 Å². The van der Waals surface area contributed by atoms with Gasteiger partial charge in [0.1, 0.15) is 0 Å². The lowest BCUT2D eigenvalue weighted by Crippen LogP contribution is -2.10.